The lowest BCUT2D eigenvalue weighted by Crippen LogP contribution is -2.27. The van der Waals surface area contributed by atoms with Crippen LogP contribution in [0.3, 0.4) is 0 Å². The van der Waals surface area contributed by atoms with Gasteiger partial charge in [0.1, 0.15) is 5.82 Å². The highest BCUT2D eigenvalue weighted by Crippen LogP contribution is 2.21. The van der Waals surface area contributed by atoms with Gasteiger partial charge in [-0.2, -0.15) is 0 Å². The van der Waals surface area contributed by atoms with E-state index in [4.69, 9.17) is 23.2 Å². The van der Waals surface area contributed by atoms with Gasteiger partial charge in [0.25, 0.3) is 5.91 Å². The van der Waals surface area contributed by atoms with Crippen molar-refractivity contribution in [1.82, 2.24) is 4.90 Å². The van der Waals surface area contributed by atoms with Crippen molar-refractivity contribution in [3.8, 4) is 0 Å². The van der Waals surface area contributed by atoms with Gasteiger partial charge >= 0.3 is 0 Å². The maximum Gasteiger partial charge on any atom is 0.256 e. The minimum Gasteiger partial charge on any atom is -0.337 e. The van der Waals surface area contributed by atoms with Gasteiger partial charge in [-0.1, -0.05) is 35.3 Å². The van der Waals surface area contributed by atoms with Gasteiger partial charge in [-0.25, -0.2) is 4.39 Å². The summed E-state index contributed by atoms with van der Waals surface area (Å²) in [7, 11) is 1.61. The number of rotatable bonds is 3. The van der Waals surface area contributed by atoms with Crippen molar-refractivity contribution in [3.05, 3.63) is 69.0 Å². The van der Waals surface area contributed by atoms with Crippen molar-refractivity contribution >= 4 is 29.1 Å². The maximum absolute atomic E-state index is 14.0. The van der Waals surface area contributed by atoms with Gasteiger partial charge in [0, 0.05) is 23.6 Å². The number of nitrogens with zero attached hydrogens (tertiary/aromatic N) is 1. The molecule has 21 heavy (non-hydrogen) atoms. The van der Waals surface area contributed by atoms with E-state index in [1.54, 1.807) is 44.3 Å². The predicted molar refractivity (Wildman–Crippen MR) is 83.4 cm³/mol. The van der Waals surface area contributed by atoms with E-state index in [2.05, 4.69) is 0 Å². The van der Waals surface area contributed by atoms with Crippen LogP contribution in [0.5, 0.6) is 0 Å². The number of aryl methyl sites for hydroxylation is 1. The second-order valence-corrected chi connectivity index (χ2v) is 5.75. The van der Waals surface area contributed by atoms with Gasteiger partial charge in [0.2, 0.25) is 0 Å². The van der Waals surface area contributed by atoms with Crippen molar-refractivity contribution in [1.29, 1.82) is 0 Å². The molecule has 0 spiro atoms. The molecule has 0 aliphatic carbocycles. The molecule has 0 aromatic heterocycles. The van der Waals surface area contributed by atoms with E-state index in [9.17, 15) is 9.18 Å². The minimum atomic E-state index is -0.488. The number of carbonyl (C=O) groups is 1. The molecule has 0 bridgehead atoms. The highest BCUT2D eigenvalue weighted by Gasteiger charge is 2.17. The molecule has 0 radical (unpaired) electrons. The van der Waals surface area contributed by atoms with Crippen molar-refractivity contribution in [2.45, 2.75) is 13.5 Å². The maximum atomic E-state index is 14.0. The summed E-state index contributed by atoms with van der Waals surface area (Å²) in [5.41, 5.74) is 1.29. The quantitative estimate of drug-likeness (QED) is 0.800. The molecule has 0 fully saturated rings. The molecular formula is C16H14Cl2FNO. The van der Waals surface area contributed by atoms with Gasteiger partial charge in [0.15, 0.2) is 0 Å². The number of halogens is 3. The summed E-state index contributed by atoms with van der Waals surface area (Å²) in [5, 5.41) is 1.00. The molecule has 0 N–H and O–H groups in total. The van der Waals surface area contributed by atoms with Crippen molar-refractivity contribution in [2.75, 3.05) is 7.05 Å². The van der Waals surface area contributed by atoms with Crippen LogP contribution in [0.2, 0.25) is 10.0 Å². The monoisotopic (exact) mass is 325 g/mol. The van der Waals surface area contributed by atoms with Crippen molar-refractivity contribution in [2.24, 2.45) is 0 Å². The standard InChI is InChI=1S/C16H14Cl2FNO/c1-10-4-3-5-14(15(10)19)16(21)20(2)9-11-6-12(17)8-13(18)7-11/h3-8H,9H2,1-2H3. The molecule has 0 saturated carbocycles. The molecule has 2 aromatic rings. The molecule has 2 nitrogen and oxygen atoms in total. The van der Waals surface area contributed by atoms with E-state index in [0.29, 0.717) is 22.2 Å². The smallest absolute Gasteiger partial charge is 0.256 e. The molecule has 110 valence electrons. The first kappa shape index (κ1) is 15.8. The fourth-order valence-electron chi connectivity index (χ4n) is 2.07. The Morgan fingerprint density at radius 2 is 1.81 bits per heavy atom. The molecule has 0 aliphatic rings. The molecule has 0 saturated heterocycles. The molecule has 0 unspecified atom stereocenters. The zero-order chi connectivity index (χ0) is 15.6. The molecule has 2 aromatic carbocycles. The summed E-state index contributed by atoms with van der Waals surface area (Å²) >= 11 is 11.9. The minimum absolute atomic E-state index is 0.0608. The van der Waals surface area contributed by atoms with Crippen LogP contribution in [0.4, 0.5) is 4.39 Å². The second-order valence-electron chi connectivity index (χ2n) is 4.88. The average molecular weight is 326 g/mol. The number of hydrogen-bond acceptors (Lipinski definition) is 1. The third kappa shape index (κ3) is 3.74. The zero-order valence-electron chi connectivity index (χ0n) is 11.7. The molecule has 0 aliphatic heterocycles. The summed E-state index contributed by atoms with van der Waals surface area (Å²) in [6, 6.07) is 9.84. The predicted octanol–water partition coefficient (Wildman–Crippen LogP) is 4.71. The Kier molecular flexibility index (Phi) is 4.86. The second kappa shape index (κ2) is 6.46. The van der Waals surface area contributed by atoms with Crippen LogP contribution >= 0.6 is 23.2 Å². The molecular weight excluding hydrogens is 312 g/mol. The average Bonchev–Trinajstić information content (AvgIpc) is 2.40. The van der Waals surface area contributed by atoms with Crippen LogP contribution in [0.15, 0.2) is 36.4 Å². The van der Waals surface area contributed by atoms with Gasteiger partial charge in [-0.15, -0.1) is 0 Å². The van der Waals surface area contributed by atoms with Gasteiger partial charge in [-0.3, -0.25) is 4.79 Å². The number of amides is 1. The van der Waals surface area contributed by atoms with Gasteiger partial charge in [0.05, 0.1) is 5.56 Å². The van der Waals surface area contributed by atoms with Crippen LogP contribution in [-0.2, 0) is 6.54 Å². The highest BCUT2D eigenvalue weighted by molar-refractivity contribution is 6.34. The fraction of sp³-hybridized carbons (Fsp3) is 0.188. The Balaban J connectivity index is 2.21. The van der Waals surface area contributed by atoms with Crippen molar-refractivity contribution < 1.29 is 9.18 Å². The van der Waals surface area contributed by atoms with Gasteiger partial charge < -0.3 is 4.90 Å². The Bertz CT molecular complexity index is 668. The van der Waals surface area contributed by atoms with Crippen molar-refractivity contribution in [3.63, 3.8) is 0 Å². The van der Waals surface area contributed by atoms with E-state index in [-0.39, 0.29) is 11.5 Å². The largest absolute Gasteiger partial charge is 0.337 e. The zero-order valence-corrected chi connectivity index (χ0v) is 13.2. The Morgan fingerprint density at radius 3 is 2.43 bits per heavy atom. The van der Waals surface area contributed by atoms with Crippen LogP contribution in [-0.4, -0.2) is 17.9 Å². The lowest BCUT2D eigenvalue weighted by atomic mass is 10.1. The third-order valence-electron chi connectivity index (χ3n) is 3.11. The first-order valence-electron chi connectivity index (χ1n) is 6.34. The summed E-state index contributed by atoms with van der Waals surface area (Å²) in [6.45, 7) is 1.93. The fourth-order valence-corrected chi connectivity index (χ4v) is 2.64. The number of benzene rings is 2. The lowest BCUT2D eigenvalue weighted by Gasteiger charge is -2.18. The first-order valence-corrected chi connectivity index (χ1v) is 7.09. The first-order chi connectivity index (χ1) is 9.88. The van der Waals surface area contributed by atoms with Crippen LogP contribution in [0.25, 0.3) is 0 Å². The van der Waals surface area contributed by atoms with Gasteiger partial charge in [-0.05, 0) is 42.3 Å². The number of hydrogen-bond donors (Lipinski definition) is 0. The van der Waals surface area contributed by atoms with E-state index in [1.807, 2.05) is 0 Å². The van der Waals surface area contributed by atoms with E-state index in [0.717, 1.165) is 5.56 Å². The number of carbonyl (C=O) groups excluding carboxylic acids is 1. The molecule has 0 heterocycles. The molecule has 5 heteroatoms. The summed E-state index contributed by atoms with van der Waals surface area (Å²) in [5.74, 6) is -0.870. The summed E-state index contributed by atoms with van der Waals surface area (Å²) in [4.78, 5) is 13.7. The molecule has 0 atom stereocenters. The Morgan fingerprint density at radius 1 is 1.19 bits per heavy atom. The van der Waals surface area contributed by atoms with Crippen LogP contribution < -0.4 is 0 Å². The normalized spacial score (nSPS) is 10.5. The molecule has 1 amide bonds. The lowest BCUT2D eigenvalue weighted by molar-refractivity contribution is 0.0780. The highest BCUT2D eigenvalue weighted by atomic mass is 35.5. The Labute approximate surface area is 133 Å². The third-order valence-corrected chi connectivity index (χ3v) is 3.55. The summed E-state index contributed by atoms with van der Waals surface area (Å²) in [6.07, 6.45) is 0. The summed E-state index contributed by atoms with van der Waals surface area (Å²) < 4.78 is 14.0. The topological polar surface area (TPSA) is 20.3 Å². The Hall–Kier alpha value is -1.58. The SMILES string of the molecule is Cc1cccc(C(=O)N(C)Cc2cc(Cl)cc(Cl)c2)c1F. The van der Waals surface area contributed by atoms with E-state index in [1.165, 1.54) is 11.0 Å². The van der Waals surface area contributed by atoms with Crippen LogP contribution in [0.1, 0.15) is 21.5 Å². The molecule has 2 rings (SSSR count). The van der Waals surface area contributed by atoms with Crippen LogP contribution in [0, 0.1) is 12.7 Å². The van der Waals surface area contributed by atoms with E-state index < -0.39 is 5.82 Å². The van der Waals surface area contributed by atoms with E-state index >= 15 is 0 Å².